The van der Waals surface area contributed by atoms with Crippen molar-refractivity contribution in [3.8, 4) is 0 Å². The maximum absolute atomic E-state index is 13.0. The summed E-state index contributed by atoms with van der Waals surface area (Å²) in [6.07, 6.45) is -3.31. The molecule has 1 aromatic carbocycles. The van der Waals surface area contributed by atoms with Crippen LogP contribution in [0.5, 0.6) is 0 Å². The maximum Gasteiger partial charge on any atom is 0.240 e. The summed E-state index contributed by atoms with van der Waals surface area (Å²) < 4.78 is 49.5. The van der Waals surface area contributed by atoms with E-state index in [1.807, 2.05) is 0 Å². The molecule has 0 amide bonds. The second-order valence-electron chi connectivity index (χ2n) is 2.88. The molecule has 86 valence electrons. The van der Waals surface area contributed by atoms with Gasteiger partial charge in [0.25, 0.3) is 0 Å². The van der Waals surface area contributed by atoms with Crippen LogP contribution in [0, 0.1) is 11.6 Å². The van der Waals surface area contributed by atoms with Crippen molar-refractivity contribution in [2.24, 2.45) is 5.73 Å². The van der Waals surface area contributed by atoms with Crippen LogP contribution in [0.25, 0.3) is 0 Å². The highest BCUT2D eigenvalue weighted by Crippen LogP contribution is 2.22. The minimum Gasteiger partial charge on any atom is -0.324 e. The van der Waals surface area contributed by atoms with E-state index >= 15 is 0 Å². The minimum atomic E-state index is -2.63. The van der Waals surface area contributed by atoms with E-state index in [1.165, 1.54) is 12.1 Å². The van der Waals surface area contributed by atoms with Crippen molar-refractivity contribution >= 4 is 12.4 Å². The molecule has 1 atom stereocenters. The lowest BCUT2D eigenvalue weighted by atomic mass is 10.0. The summed E-state index contributed by atoms with van der Waals surface area (Å²) in [5.74, 6) is -2.23. The van der Waals surface area contributed by atoms with E-state index < -0.39 is 30.5 Å². The van der Waals surface area contributed by atoms with E-state index in [-0.39, 0.29) is 18.0 Å². The number of hydrogen-bond donors (Lipinski definition) is 1. The number of benzene rings is 1. The Kier molecular flexibility index (Phi) is 5.60. The van der Waals surface area contributed by atoms with Crippen molar-refractivity contribution in [1.82, 2.24) is 0 Å². The molecule has 0 aliphatic carbocycles. The number of nitrogens with two attached hydrogens (primary N) is 1. The highest BCUT2D eigenvalue weighted by atomic mass is 35.5. The molecule has 6 heteroatoms. The van der Waals surface area contributed by atoms with Gasteiger partial charge >= 0.3 is 0 Å². The third-order valence-electron chi connectivity index (χ3n) is 1.81. The zero-order chi connectivity index (χ0) is 10.7. The number of alkyl halides is 2. The van der Waals surface area contributed by atoms with Crippen molar-refractivity contribution < 1.29 is 17.6 Å². The third-order valence-corrected chi connectivity index (χ3v) is 1.81. The first-order chi connectivity index (χ1) is 6.52. The molecule has 0 bridgehead atoms. The van der Waals surface area contributed by atoms with Crippen LogP contribution < -0.4 is 5.73 Å². The molecule has 0 fully saturated rings. The van der Waals surface area contributed by atoms with Crippen LogP contribution in [-0.2, 0) is 0 Å². The summed E-state index contributed by atoms with van der Waals surface area (Å²) in [5.41, 5.74) is 5.06. The van der Waals surface area contributed by atoms with Crippen LogP contribution in [0.4, 0.5) is 17.6 Å². The van der Waals surface area contributed by atoms with Crippen molar-refractivity contribution in [3.05, 3.63) is 35.4 Å². The van der Waals surface area contributed by atoms with Crippen LogP contribution in [0.15, 0.2) is 18.2 Å². The normalized spacial score (nSPS) is 12.4. The topological polar surface area (TPSA) is 26.0 Å². The Bertz CT molecular complexity index is 319. The second kappa shape index (κ2) is 5.92. The van der Waals surface area contributed by atoms with Gasteiger partial charge in [-0.3, -0.25) is 0 Å². The monoisotopic (exact) mass is 243 g/mol. The highest BCUT2D eigenvalue weighted by molar-refractivity contribution is 5.85. The lowest BCUT2D eigenvalue weighted by Crippen LogP contribution is -2.16. The molecular weight excluding hydrogens is 234 g/mol. The van der Waals surface area contributed by atoms with E-state index in [0.29, 0.717) is 0 Å². The van der Waals surface area contributed by atoms with Crippen LogP contribution >= 0.6 is 12.4 Å². The molecule has 0 spiro atoms. The summed E-state index contributed by atoms with van der Waals surface area (Å²) in [4.78, 5) is 0. The first-order valence-corrected chi connectivity index (χ1v) is 4.00. The van der Waals surface area contributed by atoms with E-state index in [0.717, 1.165) is 6.07 Å². The van der Waals surface area contributed by atoms with Crippen molar-refractivity contribution in [3.63, 3.8) is 0 Å². The summed E-state index contributed by atoms with van der Waals surface area (Å²) >= 11 is 0. The smallest absolute Gasteiger partial charge is 0.240 e. The van der Waals surface area contributed by atoms with Gasteiger partial charge in [-0.2, -0.15) is 0 Å². The fourth-order valence-corrected chi connectivity index (χ4v) is 1.13. The van der Waals surface area contributed by atoms with Gasteiger partial charge in [0.1, 0.15) is 0 Å². The van der Waals surface area contributed by atoms with Crippen LogP contribution in [0.3, 0.4) is 0 Å². The molecule has 1 aromatic rings. The Hall–Kier alpha value is -0.810. The maximum atomic E-state index is 13.0. The van der Waals surface area contributed by atoms with E-state index in [1.54, 1.807) is 0 Å². The van der Waals surface area contributed by atoms with Crippen molar-refractivity contribution in [2.45, 2.75) is 18.9 Å². The number of hydrogen-bond acceptors (Lipinski definition) is 1. The Labute approximate surface area is 90.7 Å². The molecule has 0 aromatic heterocycles. The highest BCUT2D eigenvalue weighted by Gasteiger charge is 2.18. The third kappa shape index (κ3) is 3.68. The molecule has 1 rings (SSSR count). The Morgan fingerprint density at radius 2 is 1.80 bits per heavy atom. The molecular formula is C9H10ClF4N. The van der Waals surface area contributed by atoms with Gasteiger partial charge in [0.15, 0.2) is 11.6 Å². The zero-order valence-corrected chi connectivity index (χ0v) is 8.41. The van der Waals surface area contributed by atoms with Gasteiger partial charge in [-0.1, -0.05) is 12.1 Å². The van der Waals surface area contributed by atoms with Gasteiger partial charge in [-0.25, -0.2) is 17.6 Å². The van der Waals surface area contributed by atoms with E-state index in [2.05, 4.69) is 0 Å². The van der Waals surface area contributed by atoms with Gasteiger partial charge in [-0.15, -0.1) is 12.4 Å². The average Bonchev–Trinajstić information content (AvgIpc) is 2.08. The summed E-state index contributed by atoms with van der Waals surface area (Å²) in [7, 11) is 0. The Morgan fingerprint density at radius 1 is 1.20 bits per heavy atom. The standard InChI is InChI=1S/C9H9F4N.ClH/c10-6-3-1-2-5(9(6)13)7(14)4-8(11)12;/h1-3,7-8H,4,14H2;1H/t7-;/m1./s1. The number of rotatable bonds is 3. The van der Waals surface area contributed by atoms with Gasteiger partial charge in [0.2, 0.25) is 6.43 Å². The van der Waals surface area contributed by atoms with Crippen LogP contribution in [0.1, 0.15) is 18.0 Å². The fraction of sp³-hybridized carbons (Fsp3) is 0.333. The first kappa shape index (κ1) is 14.2. The predicted octanol–water partition coefficient (Wildman–Crippen LogP) is 3.04. The Morgan fingerprint density at radius 3 is 2.33 bits per heavy atom. The molecule has 0 saturated carbocycles. The molecule has 0 unspecified atom stereocenters. The summed E-state index contributed by atoms with van der Waals surface area (Å²) in [6.45, 7) is 0. The second-order valence-corrected chi connectivity index (χ2v) is 2.88. The number of halogens is 5. The van der Waals surface area contributed by atoms with Crippen molar-refractivity contribution in [2.75, 3.05) is 0 Å². The first-order valence-electron chi connectivity index (χ1n) is 4.00. The van der Waals surface area contributed by atoms with Gasteiger partial charge in [-0.05, 0) is 6.07 Å². The van der Waals surface area contributed by atoms with E-state index in [9.17, 15) is 17.6 Å². The van der Waals surface area contributed by atoms with Gasteiger partial charge in [0.05, 0.1) is 0 Å². The molecule has 1 nitrogen and oxygen atoms in total. The van der Waals surface area contributed by atoms with Gasteiger partial charge in [0, 0.05) is 18.0 Å². The zero-order valence-electron chi connectivity index (χ0n) is 7.59. The molecule has 0 radical (unpaired) electrons. The van der Waals surface area contributed by atoms with E-state index in [4.69, 9.17) is 5.73 Å². The largest absolute Gasteiger partial charge is 0.324 e. The van der Waals surface area contributed by atoms with Crippen molar-refractivity contribution in [1.29, 1.82) is 0 Å². The molecule has 15 heavy (non-hydrogen) atoms. The van der Waals surface area contributed by atoms with Gasteiger partial charge < -0.3 is 5.73 Å². The minimum absolute atomic E-state index is 0. The molecule has 0 heterocycles. The molecule has 2 N–H and O–H groups in total. The summed E-state index contributed by atoms with van der Waals surface area (Å²) in [5, 5.41) is 0. The Balaban J connectivity index is 0.00000196. The lowest BCUT2D eigenvalue weighted by molar-refractivity contribution is 0.128. The van der Waals surface area contributed by atoms with Crippen LogP contribution in [-0.4, -0.2) is 6.43 Å². The predicted molar refractivity (Wildman–Crippen MR) is 51.2 cm³/mol. The SMILES string of the molecule is Cl.N[C@H](CC(F)F)c1cccc(F)c1F. The quantitative estimate of drug-likeness (QED) is 0.812. The lowest BCUT2D eigenvalue weighted by Gasteiger charge is -2.12. The summed E-state index contributed by atoms with van der Waals surface area (Å²) in [6, 6.07) is 2.17. The molecule has 0 saturated heterocycles. The fourth-order valence-electron chi connectivity index (χ4n) is 1.13. The average molecular weight is 244 g/mol. The molecule has 0 aliphatic heterocycles. The molecule has 0 aliphatic rings. The van der Waals surface area contributed by atoms with Crippen LogP contribution in [0.2, 0.25) is 0 Å².